The Kier molecular flexibility index (Phi) is 4.82. The number of halogens is 2. The van der Waals surface area contributed by atoms with Crippen molar-refractivity contribution in [3.63, 3.8) is 0 Å². The molecule has 0 aromatic heterocycles. The van der Waals surface area contributed by atoms with E-state index in [0.717, 1.165) is 10.0 Å². The molecule has 0 bridgehead atoms. The Morgan fingerprint density at radius 1 is 1.21 bits per heavy atom. The number of rotatable bonds is 3. The van der Waals surface area contributed by atoms with E-state index in [0.29, 0.717) is 10.7 Å². The lowest BCUT2D eigenvalue weighted by molar-refractivity contribution is 0.155. The van der Waals surface area contributed by atoms with Crippen LogP contribution in [0.2, 0.25) is 5.02 Å². The highest BCUT2D eigenvalue weighted by atomic mass is 79.9. The minimum absolute atomic E-state index is 0.233. The van der Waals surface area contributed by atoms with Crippen LogP contribution in [0.5, 0.6) is 0 Å². The van der Waals surface area contributed by atoms with Crippen molar-refractivity contribution < 1.29 is 9.53 Å². The first-order valence-electron chi connectivity index (χ1n) is 5.58. The second kappa shape index (κ2) is 6.59. The first-order chi connectivity index (χ1) is 9.15. The lowest BCUT2D eigenvalue weighted by Gasteiger charge is -2.07. The van der Waals surface area contributed by atoms with Crippen molar-refractivity contribution in [1.82, 2.24) is 0 Å². The summed E-state index contributed by atoms with van der Waals surface area (Å²) in [7, 11) is 0. The van der Waals surface area contributed by atoms with Crippen LogP contribution in [0.1, 0.15) is 5.56 Å². The van der Waals surface area contributed by atoms with Crippen molar-refractivity contribution >= 4 is 39.3 Å². The van der Waals surface area contributed by atoms with Crippen LogP contribution in [0.15, 0.2) is 53.0 Å². The van der Waals surface area contributed by atoms with Gasteiger partial charge in [-0.1, -0.05) is 41.9 Å². The fourth-order valence-electron chi connectivity index (χ4n) is 1.45. The third-order valence-electron chi connectivity index (χ3n) is 2.38. The van der Waals surface area contributed by atoms with Crippen molar-refractivity contribution in [2.24, 2.45) is 0 Å². The Labute approximate surface area is 124 Å². The molecule has 0 saturated heterocycles. The van der Waals surface area contributed by atoms with Crippen LogP contribution in [0, 0.1) is 0 Å². The van der Waals surface area contributed by atoms with E-state index >= 15 is 0 Å². The van der Waals surface area contributed by atoms with E-state index in [9.17, 15) is 4.79 Å². The summed E-state index contributed by atoms with van der Waals surface area (Å²) in [5.74, 6) is 0. The highest BCUT2D eigenvalue weighted by molar-refractivity contribution is 9.10. The highest BCUT2D eigenvalue weighted by Gasteiger charge is 2.05. The number of nitrogens with one attached hydrogen (secondary N) is 1. The molecule has 0 fully saturated rings. The summed E-state index contributed by atoms with van der Waals surface area (Å²) in [5, 5.41) is 3.14. The maximum atomic E-state index is 11.6. The van der Waals surface area contributed by atoms with Crippen molar-refractivity contribution in [3.05, 3.63) is 63.6 Å². The van der Waals surface area contributed by atoms with Crippen LogP contribution in [-0.4, -0.2) is 6.09 Å². The second-order valence-electron chi connectivity index (χ2n) is 3.82. The molecule has 0 spiro atoms. The van der Waals surface area contributed by atoms with Crippen molar-refractivity contribution in [1.29, 1.82) is 0 Å². The average molecular weight is 341 g/mol. The minimum atomic E-state index is -0.512. The topological polar surface area (TPSA) is 38.3 Å². The normalized spacial score (nSPS) is 10.0. The zero-order valence-corrected chi connectivity index (χ0v) is 12.2. The quantitative estimate of drug-likeness (QED) is 0.867. The number of benzene rings is 2. The second-order valence-corrected chi connectivity index (χ2v) is 5.08. The predicted octanol–water partition coefficient (Wildman–Crippen LogP) is 4.85. The summed E-state index contributed by atoms with van der Waals surface area (Å²) >= 11 is 9.21. The maximum Gasteiger partial charge on any atom is 0.411 e. The Hall–Kier alpha value is -1.52. The number of hydrogen-bond donors (Lipinski definition) is 1. The van der Waals surface area contributed by atoms with Gasteiger partial charge in [-0.3, -0.25) is 5.32 Å². The lowest BCUT2D eigenvalue weighted by atomic mass is 10.2. The van der Waals surface area contributed by atoms with E-state index in [1.54, 1.807) is 18.2 Å². The van der Waals surface area contributed by atoms with Gasteiger partial charge in [0.2, 0.25) is 0 Å². The molecule has 0 unspecified atom stereocenters. The average Bonchev–Trinajstić information content (AvgIpc) is 2.42. The Morgan fingerprint density at radius 3 is 2.63 bits per heavy atom. The van der Waals surface area contributed by atoms with Gasteiger partial charge >= 0.3 is 6.09 Å². The molecule has 3 nitrogen and oxygen atoms in total. The van der Waals surface area contributed by atoms with Gasteiger partial charge in [0.25, 0.3) is 0 Å². The van der Waals surface area contributed by atoms with Crippen LogP contribution < -0.4 is 5.32 Å². The van der Waals surface area contributed by atoms with E-state index in [-0.39, 0.29) is 6.61 Å². The van der Waals surface area contributed by atoms with Crippen molar-refractivity contribution in [2.75, 3.05) is 5.32 Å². The molecule has 19 heavy (non-hydrogen) atoms. The van der Waals surface area contributed by atoms with Gasteiger partial charge in [0.15, 0.2) is 0 Å². The van der Waals surface area contributed by atoms with Gasteiger partial charge < -0.3 is 4.74 Å². The van der Waals surface area contributed by atoms with E-state index < -0.39 is 6.09 Å². The molecule has 5 heteroatoms. The molecule has 0 aliphatic heterocycles. The maximum absolute atomic E-state index is 11.6. The molecule has 2 aromatic rings. The summed E-state index contributed by atoms with van der Waals surface area (Å²) in [6, 6.07) is 14.6. The zero-order chi connectivity index (χ0) is 13.7. The van der Waals surface area contributed by atoms with E-state index in [1.165, 1.54) is 0 Å². The molecule has 0 saturated carbocycles. The number of carbonyl (C=O) groups is 1. The van der Waals surface area contributed by atoms with Crippen LogP contribution in [0.4, 0.5) is 10.5 Å². The summed E-state index contributed by atoms with van der Waals surface area (Å²) in [6.45, 7) is 0.233. The first-order valence-corrected chi connectivity index (χ1v) is 6.75. The number of hydrogen-bond acceptors (Lipinski definition) is 2. The molecule has 0 aliphatic carbocycles. The molecular formula is C14H11BrClNO2. The highest BCUT2D eigenvalue weighted by Crippen LogP contribution is 2.25. The first kappa shape index (κ1) is 13.9. The zero-order valence-electron chi connectivity index (χ0n) is 9.90. The van der Waals surface area contributed by atoms with Gasteiger partial charge in [-0.2, -0.15) is 0 Å². The van der Waals surface area contributed by atoms with Crippen LogP contribution in [-0.2, 0) is 11.3 Å². The molecule has 1 N–H and O–H groups in total. The van der Waals surface area contributed by atoms with Gasteiger partial charge in [0.05, 0.1) is 5.02 Å². The largest absolute Gasteiger partial charge is 0.444 e. The molecule has 2 aromatic carbocycles. The number of ether oxygens (including phenoxy) is 1. The van der Waals surface area contributed by atoms with E-state index in [1.807, 2.05) is 30.3 Å². The third kappa shape index (κ3) is 4.26. The van der Waals surface area contributed by atoms with Crippen LogP contribution in [0.25, 0.3) is 0 Å². The minimum Gasteiger partial charge on any atom is -0.444 e. The summed E-state index contributed by atoms with van der Waals surface area (Å²) in [5.41, 5.74) is 1.53. The summed E-state index contributed by atoms with van der Waals surface area (Å²) in [6.07, 6.45) is -0.512. The summed E-state index contributed by atoms with van der Waals surface area (Å²) in [4.78, 5) is 11.6. The Morgan fingerprint density at radius 2 is 1.95 bits per heavy atom. The molecule has 98 valence electrons. The number of amides is 1. The van der Waals surface area contributed by atoms with Crippen LogP contribution >= 0.6 is 27.5 Å². The number of carbonyl (C=O) groups excluding carboxylic acids is 1. The number of anilines is 1. The van der Waals surface area contributed by atoms with Gasteiger partial charge in [-0.25, -0.2) is 4.79 Å². The molecule has 0 heterocycles. The lowest BCUT2D eigenvalue weighted by Crippen LogP contribution is -2.13. The molecule has 0 atom stereocenters. The van der Waals surface area contributed by atoms with Gasteiger partial charge in [0, 0.05) is 10.2 Å². The molecule has 0 radical (unpaired) electrons. The molecule has 0 aliphatic rings. The third-order valence-corrected chi connectivity index (χ3v) is 3.61. The Bertz CT molecular complexity index is 575. The molecule has 1 amide bonds. The van der Waals surface area contributed by atoms with Crippen LogP contribution in [0.3, 0.4) is 0 Å². The Balaban J connectivity index is 1.89. The SMILES string of the molecule is O=C(Nc1ccc(Br)c(Cl)c1)OCc1ccccc1. The fourth-order valence-corrected chi connectivity index (χ4v) is 1.88. The molecular weight excluding hydrogens is 330 g/mol. The van der Waals surface area contributed by atoms with E-state index in [2.05, 4.69) is 21.2 Å². The van der Waals surface area contributed by atoms with Crippen molar-refractivity contribution in [2.45, 2.75) is 6.61 Å². The van der Waals surface area contributed by atoms with Gasteiger partial charge in [-0.15, -0.1) is 0 Å². The van der Waals surface area contributed by atoms with Gasteiger partial charge in [0.1, 0.15) is 6.61 Å². The monoisotopic (exact) mass is 339 g/mol. The van der Waals surface area contributed by atoms with Crippen molar-refractivity contribution in [3.8, 4) is 0 Å². The summed E-state index contributed by atoms with van der Waals surface area (Å²) < 4.78 is 5.87. The standard InChI is InChI=1S/C14H11BrClNO2/c15-12-7-6-11(8-13(12)16)17-14(18)19-9-10-4-2-1-3-5-10/h1-8H,9H2,(H,17,18). The fraction of sp³-hybridized carbons (Fsp3) is 0.0714. The smallest absolute Gasteiger partial charge is 0.411 e. The van der Waals surface area contributed by atoms with Gasteiger partial charge in [-0.05, 0) is 39.7 Å². The predicted molar refractivity (Wildman–Crippen MR) is 79.4 cm³/mol. The van der Waals surface area contributed by atoms with E-state index in [4.69, 9.17) is 16.3 Å². The molecule has 2 rings (SSSR count).